The average molecular weight is 748 g/mol. The first-order valence-corrected chi connectivity index (χ1v) is 18.9. The van der Waals surface area contributed by atoms with Gasteiger partial charge in [-0.2, -0.15) is 0 Å². The lowest BCUT2D eigenvalue weighted by Gasteiger charge is -2.49. The van der Waals surface area contributed by atoms with Crippen molar-refractivity contribution in [3.8, 4) is 0 Å². The van der Waals surface area contributed by atoms with E-state index in [9.17, 15) is 24.9 Å². The second-order valence-corrected chi connectivity index (χ2v) is 16.2. The van der Waals surface area contributed by atoms with Crippen LogP contribution in [0.2, 0.25) is 0 Å². The molecule has 14 nitrogen and oxygen atoms in total. The fraction of sp³-hybridized carbons (Fsp3) is 0.947. The number of ketones is 1. The van der Waals surface area contributed by atoms with Crippen molar-refractivity contribution in [1.29, 1.82) is 0 Å². The third kappa shape index (κ3) is 9.38. The van der Waals surface area contributed by atoms with Gasteiger partial charge in [0.15, 0.2) is 12.6 Å². The van der Waals surface area contributed by atoms with Gasteiger partial charge in [0.2, 0.25) is 0 Å². The van der Waals surface area contributed by atoms with E-state index in [2.05, 4.69) is 5.32 Å². The van der Waals surface area contributed by atoms with Crippen LogP contribution >= 0.6 is 0 Å². The zero-order valence-corrected chi connectivity index (χ0v) is 33.9. The maximum absolute atomic E-state index is 14.2. The average Bonchev–Trinajstić information content (AvgIpc) is 3.11. The van der Waals surface area contributed by atoms with Gasteiger partial charge in [-0.05, 0) is 67.9 Å². The molecule has 0 aromatic carbocycles. The molecule has 3 fully saturated rings. The highest BCUT2D eigenvalue weighted by Crippen LogP contribution is 2.41. The van der Waals surface area contributed by atoms with Gasteiger partial charge in [-0.15, -0.1) is 0 Å². The smallest absolute Gasteiger partial charge is 0.311 e. The monoisotopic (exact) mass is 747 g/mol. The van der Waals surface area contributed by atoms with Crippen molar-refractivity contribution in [3.63, 3.8) is 0 Å². The van der Waals surface area contributed by atoms with E-state index in [0.29, 0.717) is 6.42 Å². The summed E-state index contributed by atoms with van der Waals surface area (Å²) in [6.45, 7) is 17.3. The Hall–Kier alpha value is -1.30. The molecule has 0 radical (unpaired) electrons. The van der Waals surface area contributed by atoms with Crippen molar-refractivity contribution in [2.45, 2.75) is 179 Å². The lowest BCUT2D eigenvalue weighted by Crippen LogP contribution is -2.61. The highest BCUT2D eigenvalue weighted by Gasteiger charge is 2.54. The molecule has 304 valence electrons. The molecule has 0 spiro atoms. The molecule has 3 rings (SSSR count). The Labute approximate surface area is 310 Å². The van der Waals surface area contributed by atoms with E-state index in [0.717, 1.165) is 0 Å². The van der Waals surface area contributed by atoms with Crippen LogP contribution in [0.3, 0.4) is 0 Å². The first-order valence-electron chi connectivity index (χ1n) is 18.9. The molecule has 3 saturated heterocycles. The number of methoxy groups -OCH3 is 3. The largest absolute Gasteiger partial charge is 0.459 e. The van der Waals surface area contributed by atoms with Gasteiger partial charge in [0.05, 0.1) is 47.6 Å². The molecule has 18 atom stereocenters. The number of carbonyl (C=O) groups is 2. The molecule has 0 amide bonds. The summed E-state index contributed by atoms with van der Waals surface area (Å²) in [5, 5.41) is 37.3. The van der Waals surface area contributed by atoms with Crippen LogP contribution in [0.4, 0.5) is 0 Å². The quantitative estimate of drug-likeness (QED) is 0.253. The number of aliphatic hydroxyl groups is 3. The predicted molar refractivity (Wildman–Crippen MR) is 191 cm³/mol. The zero-order chi connectivity index (χ0) is 39.5. The van der Waals surface area contributed by atoms with E-state index in [1.807, 2.05) is 27.8 Å². The Balaban J connectivity index is 2.23. The topological polar surface area (TPSA) is 181 Å². The molecule has 3 aliphatic heterocycles. The fourth-order valence-corrected chi connectivity index (χ4v) is 8.64. The fourth-order valence-electron chi connectivity index (χ4n) is 8.64. The molecule has 0 aliphatic carbocycles. The summed E-state index contributed by atoms with van der Waals surface area (Å²) in [6, 6.07) is -0.0980. The standard InChI is InChI=1S/C38H69NO13/c1-15-26-38(10,44)31(41)21(4)28(40)19(2)17-37(9,47-14)33(52-35-30(45-12)25(39-11)16-20(3)48-35)22(5)29(23(6)34(43)50-26)51-27-18-36(8,46-13)32(42)24(7)49-27/h19-27,29-33,35,39,41-42,44H,15-18H2,1-14H3/t19-,20-,21+,22+,23-,24+,25+,26-,27+,29+,30-,31-,32+,33-,35+,36-,37+,38-/m1/s1. The number of Topliss-reactive ketones (excluding diaryl/α,β-unsaturated/α-hetero) is 1. The number of cyclic esters (lactones) is 1. The number of nitrogens with one attached hydrogen (secondary N) is 1. The molecule has 52 heavy (non-hydrogen) atoms. The molecule has 0 unspecified atom stereocenters. The van der Waals surface area contributed by atoms with Gasteiger partial charge in [-0.25, -0.2) is 0 Å². The molecule has 3 heterocycles. The summed E-state index contributed by atoms with van der Waals surface area (Å²) in [7, 11) is 6.50. The molecule has 3 aliphatic rings. The minimum absolute atomic E-state index is 0.0980. The summed E-state index contributed by atoms with van der Waals surface area (Å²) >= 11 is 0. The maximum atomic E-state index is 14.2. The molecule has 14 heteroatoms. The van der Waals surface area contributed by atoms with Gasteiger partial charge in [0.25, 0.3) is 0 Å². The van der Waals surface area contributed by atoms with E-state index in [1.54, 1.807) is 48.7 Å². The molecular weight excluding hydrogens is 678 g/mol. The highest BCUT2D eigenvalue weighted by atomic mass is 16.7. The first kappa shape index (κ1) is 45.1. The van der Waals surface area contributed by atoms with E-state index in [1.165, 1.54) is 21.1 Å². The molecule has 0 bridgehead atoms. The normalized spacial score (nSPS) is 48.9. The number of ether oxygens (including phenoxy) is 8. The molecule has 0 aromatic rings. The number of esters is 1. The van der Waals surface area contributed by atoms with Gasteiger partial charge in [-0.1, -0.05) is 27.7 Å². The van der Waals surface area contributed by atoms with E-state index >= 15 is 0 Å². The van der Waals surface area contributed by atoms with Crippen LogP contribution in [-0.2, 0) is 47.5 Å². The summed E-state index contributed by atoms with van der Waals surface area (Å²) in [6.07, 6.45) is -7.49. The Morgan fingerprint density at radius 1 is 0.846 bits per heavy atom. The predicted octanol–water partition coefficient (Wildman–Crippen LogP) is 2.75. The Morgan fingerprint density at radius 2 is 1.46 bits per heavy atom. The van der Waals surface area contributed by atoms with Crippen LogP contribution in [0.5, 0.6) is 0 Å². The van der Waals surface area contributed by atoms with Crippen molar-refractivity contribution in [3.05, 3.63) is 0 Å². The van der Waals surface area contributed by atoms with Crippen molar-refractivity contribution in [2.24, 2.45) is 23.7 Å². The number of aliphatic hydroxyl groups excluding tert-OH is 2. The number of hydrogen-bond acceptors (Lipinski definition) is 14. The van der Waals surface area contributed by atoms with Crippen LogP contribution in [0.15, 0.2) is 0 Å². The minimum atomic E-state index is -1.95. The molecule has 0 aromatic heterocycles. The SMILES string of the molecule is CC[C@H]1OC(=O)[C@H](C)[C@@H](O[C@H]2C[C@@](C)(OC)[C@@H](O)[C@H](C)O2)[C@H](C)[C@@H](O[C@@H]2O[C@H](C)C[C@H](NC)[C@H]2OC)[C@@](C)(OC)C[C@@H](C)C(=O)[C@H](C)[C@@H](O)[C@]1(C)O. The van der Waals surface area contributed by atoms with Crippen molar-refractivity contribution >= 4 is 11.8 Å². The van der Waals surface area contributed by atoms with Crippen LogP contribution in [0.1, 0.15) is 94.9 Å². The number of likely N-dealkylation sites (N-methyl/N-ethyl adjacent to an activating group) is 1. The van der Waals surface area contributed by atoms with Gasteiger partial charge >= 0.3 is 5.97 Å². The van der Waals surface area contributed by atoms with E-state index in [4.69, 9.17) is 37.9 Å². The molecule has 0 saturated carbocycles. The van der Waals surface area contributed by atoms with Gasteiger partial charge in [0, 0.05) is 51.5 Å². The first-order chi connectivity index (χ1) is 24.2. The Bertz CT molecular complexity index is 1170. The second kappa shape index (κ2) is 18.1. The highest BCUT2D eigenvalue weighted by molar-refractivity contribution is 5.83. The van der Waals surface area contributed by atoms with Crippen LogP contribution < -0.4 is 5.32 Å². The third-order valence-electron chi connectivity index (χ3n) is 12.3. The molecular formula is C38H69NO13. The van der Waals surface area contributed by atoms with E-state index in [-0.39, 0.29) is 37.2 Å². The van der Waals surface area contributed by atoms with Crippen molar-refractivity contribution in [2.75, 3.05) is 28.4 Å². The minimum Gasteiger partial charge on any atom is -0.459 e. The van der Waals surface area contributed by atoms with Gasteiger partial charge in [-0.3, -0.25) is 9.59 Å². The Morgan fingerprint density at radius 3 is 2.00 bits per heavy atom. The zero-order valence-electron chi connectivity index (χ0n) is 33.9. The van der Waals surface area contributed by atoms with E-state index < -0.39 is 102 Å². The van der Waals surface area contributed by atoms with Gasteiger partial charge < -0.3 is 58.5 Å². The lowest BCUT2D eigenvalue weighted by atomic mass is 9.74. The summed E-state index contributed by atoms with van der Waals surface area (Å²) in [5.74, 6) is -4.28. The summed E-state index contributed by atoms with van der Waals surface area (Å²) in [5.41, 5.74) is -4.16. The maximum Gasteiger partial charge on any atom is 0.311 e. The Kier molecular flexibility index (Phi) is 15.7. The van der Waals surface area contributed by atoms with Crippen molar-refractivity contribution in [1.82, 2.24) is 5.32 Å². The number of hydrogen-bond donors (Lipinski definition) is 4. The third-order valence-corrected chi connectivity index (χ3v) is 12.3. The molecule has 4 N–H and O–H groups in total. The number of rotatable bonds is 9. The second-order valence-electron chi connectivity index (χ2n) is 16.2. The van der Waals surface area contributed by atoms with Gasteiger partial charge in [0.1, 0.15) is 29.7 Å². The lowest BCUT2D eigenvalue weighted by molar-refractivity contribution is -0.318. The van der Waals surface area contributed by atoms with Crippen LogP contribution in [0.25, 0.3) is 0 Å². The summed E-state index contributed by atoms with van der Waals surface area (Å²) in [4.78, 5) is 28.2. The summed E-state index contributed by atoms with van der Waals surface area (Å²) < 4.78 is 50.3. The van der Waals surface area contributed by atoms with Crippen molar-refractivity contribution < 1.29 is 62.8 Å². The number of carbonyl (C=O) groups excluding carboxylic acids is 2. The van der Waals surface area contributed by atoms with Crippen LogP contribution in [-0.4, -0.2) is 140 Å². The van der Waals surface area contributed by atoms with Crippen LogP contribution in [0, 0.1) is 23.7 Å².